The highest BCUT2D eigenvalue weighted by atomic mass is 127. The molecule has 1 aromatic carbocycles. The topological polar surface area (TPSA) is 12.9 Å². The number of alkyl halides is 1. The van der Waals surface area contributed by atoms with E-state index < -0.39 is 0 Å². The average molecular weight is 289 g/mol. The Morgan fingerprint density at radius 1 is 1.33 bits per heavy atom. The highest BCUT2D eigenvalue weighted by Gasteiger charge is 2.00. The molecule has 0 bridgehead atoms. The Hall–Kier alpha value is -0.160. The molecule has 0 aliphatic heterocycles. The van der Waals surface area contributed by atoms with Gasteiger partial charge in [0, 0.05) is 10.8 Å². The summed E-state index contributed by atoms with van der Waals surface area (Å²) in [5.74, 6) is 0. The van der Waals surface area contributed by atoms with Gasteiger partial charge in [-0.25, -0.2) is 4.98 Å². The molecule has 0 fully saturated rings. The second-order valence-corrected chi connectivity index (χ2v) is 4.71. The van der Waals surface area contributed by atoms with Crippen molar-refractivity contribution in [3.63, 3.8) is 0 Å². The molecular weight excluding hydrogens is 281 g/mol. The number of benzene rings is 1. The van der Waals surface area contributed by atoms with Crippen molar-refractivity contribution in [3.8, 4) is 0 Å². The predicted molar refractivity (Wildman–Crippen MR) is 62.2 cm³/mol. The van der Waals surface area contributed by atoms with Gasteiger partial charge in [-0.05, 0) is 12.1 Å². The zero-order chi connectivity index (χ0) is 8.39. The van der Waals surface area contributed by atoms with Crippen molar-refractivity contribution in [1.82, 2.24) is 4.98 Å². The number of aryl methyl sites for hydroxylation is 1. The summed E-state index contributed by atoms with van der Waals surface area (Å²) >= 11 is 4.19. The summed E-state index contributed by atoms with van der Waals surface area (Å²) < 4.78 is 2.45. The molecule has 0 saturated carbocycles. The molecule has 0 saturated heterocycles. The quantitative estimate of drug-likeness (QED) is 0.611. The summed E-state index contributed by atoms with van der Waals surface area (Å²) in [6, 6.07) is 8.30. The molecule has 0 amide bonds. The third-order valence-corrected chi connectivity index (χ3v) is 3.28. The van der Waals surface area contributed by atoms with Gasteiger partial charge >= 0.3 is 0 Å². The number of nitrogens with zero attached hydrogens (tertiary/aromatic N) is 1. The van der Waals surface area contributed by atoms with E-state index in [1.807, 2.05) is 6.07 Å². The molecule has 0 aliphatic carbocycles. The number of fused-ring (bicyclic) bond motifs is 1. The molecule has 0 radical (unpaired) electrons. The molecular formula is C9H8INS. The van der Waals surface area contributed by atoms with Crippen LogP contribution in [0.15, 0.2) is 24.3 Å². The molecule has 12 heavy (non-hydrogen) atoms. The van der Waals surface area contributed by atoms with Gasteiger partial charge in [0.2, 0.25) is 0 Å². The Morgan fingerprint density at radius 3 is 2.92 bits per heavy atom. The molecule has 1 aromatic heterocycles. The summed E-state index contributed by atoms with van der Waals surface area (Å²) in [5.41, 5.74) is 1.14. The molecule has 62 valence electrons. The normalized spacial score (nSPS) is 10.8. The van der Waals surface area contributed by atoms with Crippen LogP contribution in [-0.2, 0) is 6.42 Å². The van der Waals surface area contributed by atoms with Crippen molar-refractivity contribution >= 4 is 44.1 Å². The largest absolute Gasteiger partial charge is 0.241 e. The summed E-state index contributed by atoms with van der Waals surface area (Å²) in [7, 11) is 0. The van der Waals surface area contributed by atoms with Crippen LogP contribution < -0.4 is 0 Å². The summed E-state index contributed by atoms with van der Waals surface area (Å²) in [5, 5.41) is 1.26. The second-order valence-electron chi connectivity index (χ2n) is 2.51. The van der Waals surface area contributed by atoms with E-state index in [9.17, 15) is 0 Å². The van der Waals surface area contributed by atoms with Gasteiger partial charge in [-0.3, -0.25) is 0 Å². The number of para-hydroxylation sites is 1. The summed E-state index contributed by atoms with van der Waals surface area (Å²) in [6.45, 7) is 0. The standard InChI is InChI=1S/C9H8INS/c10-6-5-9-11-7-3-1-2-4-8(7)12-9/h1-4H,5-6H2. The highest BCUT2D eigenvalue weighted by Crippen LogP contribution is 2.21. The summed E-state index contributed by atoms with van der Waals surface area (Å²) in [4.78, 5) is 4.52. The molecule has 2 rings (SSSR count). The lowest BCUT2D eigenvalue weighted by Gasteiger charge is -1.83. The Morgan fingerprint density at radius 2 is 2.17 bits per heavy atom. The average Bonchev–Trinajstić information content (AvgIpc) is 2.47. The van der Waals surface area contributed by atoms with Crippen molar-refractivity contribution in [2.45, 2.75) is 6.42 Å². The van der Waals surface area contributed by atoms with E-state index in [1.165, 1.54) is 9.71 Å². The first-order chi connectivity index (χ1) is 5.90. The maximum atomic E-state index is 4.52. The third-order valence-electron chi connectivity index (χ3n) is 1.65. The van der Waals surface area contributed by atoms with Gasteiger partial charge in [0.1, 0.15) is 0 Å². The zero-order valence-corrected chi connectivity index (χ0v) is 9.43. The van der Waals surface area contributed by atoms with E-state index in [0.29, 0.717) is 0 Å². The van der Waals surface area contributed by atoms with Crippen LogP contribution in [0.25, 0.3) is 10.2 Å². The minimum absolute atomic E-state index is 1.10. The molecule has 2 aromatic rings. The SMILES string of the molecule is ICCc1nc2ccccc2s1. The first-order valence-corrected chi connectivity index (χ1v) is 6.15. The first kappa shape index (κ1) is 8.44. The lowest BCUT2D eigenvalue weighted by atomic mass is 10.3. The van der Waals surface area contributed by atoms with Crippen LogP contribution in [0.1, 0.15) is 5.01 Å². The van der Waals surface area contributed by atoms with Crippen LogP contribution >= 0.6 is 33.9 Å². The monoisotopic (exact) mass is 289 g/mol. The van der Waals surface area contributed by atoms with Crippen molar-refractivity contribution in [2.75, 3.05) is 4.43 Å². The van der Waals surface area contributed by atoms with Gasteiger partial charge in [-0.1, -0.05) is 34.7 Å². The van der Waals surface area contributed by atoms with Crippen LogP contribution in [0, 0.1) is 0 Å². The fourth-order valence-electron chi connectivity index (χ4n) is 1.11. The fourth-order valence-corrected chi connectivity index (χ4v) is 2.95. The van der Waals surface area contributed by atoms with Gasteiger partial charge in [0.15, 0.2) is 0 Å². The Balaban J connectivity index is 2.47. The lowest BCUT2D eigenvalue weighted by molar-refractivity contribution is 1.14. The number of halogens is 1. The van der Waals surface area contributed by atoms with Gasteiger partial charge in [-0.15, -0.1) is 11.3 Å². The van der Waals surface area contributed by atoms with Gasteiger partial charge < -0.3 is 0 Å². The molecule has 0 N–H and O–H groups in total. The minimum atomic E-state index is 1.10. The Labute approximate surface area is 89.0 Å². The number of rotatable bonds is 2. The fraction of sp³-hybridized carbons (Fsp3) is 0.222. The number of aromatic nitrogens is 1. The van der Waals surface area contributed by atoms with Crippen molar-refractivity contribution in [3.05, 3.63) is 29.3 Å². The van der Waals surface area contributed by atoms with Gasteiger partial charge in [-0.2, -0.15) is 0 Å². The van der Waals surface area contributed by atoms with Crippen LogP contribution in [0.4, 0.5) is 0 Å². The zero-order valence-electron chi connectivity index (χ0n) is 6.46. The minimum Gasteiger partial charge on any atom is -0.241 e. The Kier molecular flexibility index (Phi) is 2.60. The number of hydrogen-bond donors (Lipinski definition) is 0. The van der Waals surface area contributed by atoms with E-state index in [0.717, 1.165) is 16.4 Å². The molecule has 3 heteroatoms. The molecule has 1 nitrogen and oxygen atoms in total. The first-order valence-electron chi connectivity index (χ1n) is 3.80. The van der Waals surface area contributed by atoms with E-state index in [2.05, 4.69) is 45.8 Å². The highest BCUT2D eigenvalue weighted by molar-refractivity contribution is 14.1. The second kappa shape index (κ2) is 3.70. The van der Waals surface area contributed by atoms with Crippen LogP contribution in [-0.4, -0.2) is 9.41 Å². The molecule has 0 atom stereocenters. The van der Waals surface area contributed by atoms with Crippen molar-refractivity contribution < 1.29 is 0 Å². The number of thiazole rings is 1. The van der Waals surface area contributed by atoms with Crippen LogP contribution in [0.5, 0.6) is 0 Å². The lowest BCUT2D eigenvalue weighted by Crippen LogP contribution is -1.81. The summed E-state index contributed by atoms with van der Waals surface area (Å²) in [6.07, 6.45) is 1.10. The van der Waals surface area contributed by atoms with Crippen molar-refractivity contribution in [2.24, 2.45) is 0 Å². The predicted octanol–water partition coefficient (Wildman–Crippen LogP) is 3.27. The van der Waals surface area contributed by atoms with E-state index in [1.54, 1.807) is 11.3 Å². The van der Waals surface area contributed by atoms with Crippen LogP contribution in [0.2, 0.25) is 0 Å². The maximum Gasteiger partial charge on any atom is 0.0946 e. The van der Waals surface area contributed by atoms with Gasteiger partial charge in [0.25, 0.3) is 0 Å². The molecule has 0 unspecified atom stereocenters. The molecule has 0 aliphatic rings. The van der Waals surface area contributed by atoms with E-state index in [-0.39, 0.29) is 0 Å². The maximum absolute atomic E-state index is 4.52. The van der Waals surface area contributed by atoms with Gasteiger partial charge in [0.05, 0.1) is 15.2 Å². The third kappa shape index (κ3) is 1.61. The van der Waals surface area contributed by atoms with E-state index in [4.69, 9.17) is 0 Å². The van der Waals surface area contributed by atoms with Crippen LogP contribution in [0.3, 0.4) is 0 Å². The number of hydrogen-bond acceptors (Lipinski definition) is 2. The molecule has 0 spiro atoms. The molecule has 1 heterocycles. The Bertz CT molecular complexity index is 350. The smallest absolute Gasteiger partial charge is 0.0946 e. The van der Waals surface area contributed by atoms with Crippen molar-refractivity contribution in [1.29, 1.82) is 0 Å². The van der Waals surface area contributed by atoms with E-state index >= 15 is 0 Å².